The molecule has 0 N–H and O–H groups in total. The fraction of sp³-hybridized carbons (Fsp3) is 0.182. The van der Waals surface area contributed by atoms with Gasteiger partial charge in [0.25, 0.3) is 0 Å². The summed E-state index contributed by atoms with van der Waals surface area (Å²) in [5, 5.41) is 8.76. The monoisotopic (exact) mass is 227 g/mol. The summed E-state index contributed by atoms with van der Waals surface area (Å²) in [4.78, 5) is 0. The van der Waals surface area contributed by atoms with Crippen molar-refractivity contribution >= 4 is 5.57 Å². The number of halogens is 3. The summed E-state index contributed by atoms with van der Waals surface area (Å²) >= 11 is 0. The Morgan fingerprint density at radius 3 is 2.19 bits per heavy atom. The summed E-state index contributed by atoms with van der Waals surface area (Å²) in [5.74, 6) is -1.28. The van der Waals surface area contributed by atoms with Gasteiger partial charge < -0.3 is 4.74 Å². The van der Waals surface area contributed by atoms with E-state index in [9.17, 15) is 13.2 Å². The first-order valence-corrected chi connectivity index (χ1v) is 4.31. The van der Waals surface area contributed by atoms with Crippen molar-refractivity contribution in [1.82, 2.24) is 0 Å². The van der Waals surface area contributed by atoms with Gasteiger partial charge >= 0.3 is 6.18 Å². The zero-order valence-corrected chi connectivity index (χ0v) is 8.38. The number of rotatable bonds is 2. The number of alkyl halides is 3. The molecule has 0 unspecified atom stereocenters. The molecule has 0 radical (unpaired) electrons. The molecule has 0 spiro atoms. The van der Waals surface area contributed by atoms with Crippen LogP contribution < -0.4 is 0 Å². The lowest BCUT2D eigenvalue weighted by molar-refractivity contribution is -0.124. The molecule has 0 atom stereocenters. The van der Waals surface area contributed by atoms with E-state index >= 15 is 0 Å². The molecule has 0 aromatic heterocycles. The van der Waals surface area contributed by atoms with Gasteiger partial charge in [-0.2, -0.15) is 18.4 Å². The Bertz CT molecular complexity index is 429. The van der Waals surface area contributed by atoms with Crippen molar-refractivity contribution in [2.75, 3.05) is 7.11 Å². The lowest BCUT2D eigenvalue weighted by Gasteiger charge is -2.12. The van der Waals surface area contributed by atoms with E-state index in [0.717, 1.165) is 7.11 Å². The zero-order valence-electron chi connectivity index (χ0n) is 8.38. The summed E-state index contributed by atoms with van der Waals surface area (Å²) in [5.41, 5.74) is -0.338. The number of hydrogen-bond donors (Lipinski definition) is 0. The van der Waals surface area contributed by atoms with Crippen molar-refractivity contribution in [2.24, 2.45) is 0 Å². The second-order valence-corrected chi connectivity index (χ2v) is 2.88. The van der Waals surface area contributed by atoms with E-state index in [4.69, 9.17) is 5.26 Å². The molecule has 0 saturated carbocycles. The number of allylic oxidation sites excluding steroid dienone is 2. The molecule has 0 aliphatic heterocycles. The first-order chi connectivity index (χ1) is 7.50. The minimum Gasteiger partial charge on any atom is -0.491 e. The summed E-state index contributed by atoms with van der Waals surface area (Å²) in [6, 6.07) is 9.11. The van der Waals surface area contributed by atoms with Crippen LogP contribution in [-0.2, 0) is 4.74 Å². The average molecular weight is 227 g/mol. The molecule has 0 bridgehead atoms. The highest BCUT2D eigenvalue weighted by Crippen LogP contribution is 2.32. The number of nitriles is 1. The van der Waals surface area contributed by atoms with E-state index in [2.05, 4.69) is 4.74 Å². The molecule has 16 heavy (non-hydrogen) atoms. The number of ether oxygens (including phenoxy) is 1. The molecule has 0 aliphatic carbocycles. The minimum absolute atomic E-state index is 0.180. The summed E-state index contributed by atoms with van der Waals surface area (Å²) in [6.45, 7) is 0. The van der Waals surface area contributed by atoms with Crippen molar-refractivity contribution in [3.05, 3.63) is 41.7 Å². The molecule has 1 aromatic carbocycles. The van der Waals surface area contributed by atoms with Gasteiger partial charge in [0.05, 0.1) is 7.11 Å². The van der Waals surface area contributed by atoms with Crippen molar-refractivity contribution in [2.45, 2.75) is 6.18 Å². The topological polar surface area (TPSA) is 33.0 Å². The zero-order chi connectivity index (χ0) is 12.2. The lowest BCUT2D eigenvalue weighted by atomic mass is 10.1. The van der Waals surface area contributed by atoms with Crippen LogP contribution in [0.2, 0.25) is 0 Å². The van der Waals surface area contributed by atoms with E-state index in [1.807, 2.05) is 0 Å². The highest BCUT2D eigenvalue weighted by atomic mass is 19.4. The lowest BCUT2D eigenvalue weighted by Crippen LogP contribution is -2.15. The highest BCUT2D eigenvalue weighted by molar-refractivity contribution is 5.78. The highest BCUT2D eigenvalue weighted by Gasteiger charge is 2.38. The van der Waals surface area contributed by atoms with Gasteiger partial charge in [0.1, 0.15) is 11.6 Å². The molecule has 0 saturated heterocycles. The molecule has 1 aromatic rings. The standard InChI is InChI=1S/C11H8F3NO/c1-16-10(11(12,13)14)9(7-15)8-5-3-2-4-6-8/h2-6H,1H3/b10-9-. The van der Waals surface area contributed by atoms with Crippen LogP contribution in [0.4, 0.5) is 13.2 Å². The van der Waals surface area contributed by atoms with E-state index in [1.54, 1.807) is 18.2 Å². The van der Waals surface area contributed by atoms with Crippen molar-refractivity contribution in [3.8, 4) is 6.07 Å². The van der Waals surface area contributed by atoms with Gasteiger partial charge in [0.15, 0.2) is 0 Å². The Labute approximate surface area is 90.6 Å². The molecule has 0 amide bonds. The van der Waals surface area contributed by atoms with Crippen LogP contribution >= 0.6 is 0 Å². The van der Waals surface area contributed by atoms with Gasteiger partial charge in [-0.1, -0.05) is 30.3 Å². The molecule has 1 rings (SSSR count). The van der Waals surface area contributed by atoms with Gasteiger partial charge in [-0.25, -0.2) is 0 Å². The largest absolute Gasteiger partial charge is 0.491 e. The maximum atomic E-state index is 12.5. The Balaban J connectivity index is 3.36. The minimum atomic E-state index is -4.67. The third-order valence-corrected chi connectivity index (χ3v) is 1.86. The van der Waals surface area contributed by atoms with Gasteiger partial charge in [-0.15, -0.1) is 0 Å². The fourth-order valence-corrected chi connectivity index (χ4v) is 1.21. The van der Waals surface area contributed by atoms with Crippen LogP contribution in [0.1, 0.15) is 5.56 Å². The molecular weight excluding hydrogens is 219 g/mol. The van der Waals surface area contributed by atoms with Gasteiger partial charge in [-0.05, 0) is 5.56 Å². The fourth-order valence-electron chi connectivity index (χ4n) is 1.21. The first kappa shape index (κ1) is 12.1. The van der Waals surface area contributed by atoms with Crippen molar-refractivity contribution in [3.63, 3.8) is 0 Å². The number of hydrogen-bond acceptors (Lipinski definition) is 2. The smallest absolute Gasteiger partial charge is 0.450 e. The first-order valence-electron chi connectivity index (χ1n) is 4.31. The van der Waals surface area contributed by atoms with Crippen LogP contribution in [0.15, 0.2) is 36.1 Å². The maximum absolute atomic E-state index is 12.5. The predicted molar refractivity (Wildman–Crippen MR) is 52.0 cm³/mol. The average Bonchev–Trinajstić information content (AvgIpc) is 2.25. The third kappa shape index (κ3) is 2.54. The number of benzene rings is 1. The molecular formula is C11H8F3NO. The maximum Gasteiger partial charge on any atom is 0.450 e. The third-order valence-electron chi connectivity index (χ3n) is 1.86. The van der Waals surface area contributed by atoms with Gasteiger partial charge in [-0.3, -0.25) is 0 Å². The van der Waals surface area contributed by atoms with Crippen LogP contribution in [0.3, 0.4) is 0 Å². The molecule has 0 fully saturated rings. The SMILES string of the molecule is CO/C(=C(/C#N)c1ccccc1)C(F)(F)F. The Hall–Kier alpha value is -1.96. The second kappa shape index (κ2) is 4.71. The molecule has 84 valence electrons. The predicted octanol–water partition coefficient (Wildman–Crippen LogP) is 3.13. The van der Waals surface area contributed by atoms with Crippen molar-refractivity contribution < 1.29 is 17.9 Å². The second-order valence-electron chi connectivity index (χ2n) is 2.88. The van der Waals surface area contributed by atoms with E-state index < -0.39 is 17.5 Å². The molecule has 5 heteroatoms. The molecule has 0 aliphatic rings. The van der Waals surface area contributed by atoms with E-state index in [1.165, 1.54) is 18.2 Å². The Morgan fingerprint density at radius 2 is 1.81 bits per heavy atom. The summed E-state index contributed by atoms with van der Waals surface area (Å²) in [6.07, 6.45) is -4.67. The number of methoxy groups -OCH3 is 1. The van der Waals surface area contributed by atoms with Crippen LogP contribution in [0, 0.1) is 11.3 Å². The molecule has 2 nitrogen and oxygen atoms in total. The number of nitrogens with zero attached hydrogens (tertiary/aromatic N) is 1. The van der Waals surface area contributed by atoms with Gasteiger partial charge in [0, 0.05) is 0 Å². The Kier molecular flexibility index (Phi) is 3.56. The Morgan fingerprint density at radius 1 is 1.25 bits per heavy atom. The van der Waals surface area contributed by atoms with E-state index in [0.29, 0.717) is 0 Å². The van der Waals surface area contributed by atoms with Crippen LogP contribution in [0.25, 0.3) is 5.57 Å². The molecule has 0 heterocycles. The van der Waals surface area contributed by atoms with Crippen LogP contribution in [-0.4, -0.2) is 13.3 Å². The van der Waals surface area contributed by atoms with Crippen LogP contribution in [0.5, 0.6) is 0 Å². The normalized spacial score (nSPS) is 12.7. The van der Waals surface area contributed by atoms with Gasteiger partial charge in [0.2, 0.25) is 5.76 Å². The summed E-state index contributed by atoms with van der Waals surface area (Å²) < 4.78 is 41.8. The summed E-state index contributed by atoms with van der Waals surface area (Å²) in [7, 11) is 0.892. The quantitative estimate of drug-likeness (QED) is 0.574. The van der Waals surface area contributed by atoms with E-state index in [-0.39, 0.29) is 5.56 Å². The van der Waals surface area contributed by atoms with Crippen molar-refractivity contribution in [1.29, 1.82) is 5.26 Å².